The summed E-state index contributed by atoms with van der Waals surface area (Å²) in [5, 5.41) is 9.63. The fraction of sp³-hybridized carbons (Fsp3) is 0.636. The Hall–Kier alpha value is -1.16. The zero-order valence-corrected chi connectivity index (χ0v) is 8.67. The van der Waals surface area contributed by atoms with E-state index in [0.29, 0.717) is 12.5 Å². The van der Waals surface area contributed by atoms with Crippen LogP contribution in [0.25, 0.3) is 0 Å². The summed E-state index contributed by atoms with van der Waals surface area (Å²) in [6.45, 7) is 0.661. The van der Waals surface area contributed by atoms with Crippen LogP contribution in [0.2, 0.25) is 0 Å². The number of hydrogen-bond donors (Lipinski definition) is 1. The van der Waals surface area contributed by atoms with Gasteiger partial charge >= 0.3 is 5.69 Å². The molecule has 0 aliphatic heterocycles. The maximum Gasteiger partial charge on any atom is 0.347 e. The van der Waals surface area contributed by atoms with Gasteiger partial charge in [0.25, 0.3) is 0 Å². The van der Waals surface area contributed by atoms with E-state index >= 15 is 0 Å². The van der Waals surface area contributed by atoms with Gasteiger partial charge in [-0.3, -0.25) is 4.57 Å². The lowest BCUT2D eigenvalue weighted by molar-refractivity contribution is 0.125. The highest BCUT2D eigenvalue weighted by molar-refractivity contribution is 4.82. The van der Waals surface area contributed by atoms with Crippen LogP contribution in [0.3, 0.4) is 0 Å². The third-order valence-corrected chi connectivity index (χ3v) is 3.14. The molecule has 4 nitrogen and oxygen atoms in total. The number of hydrogen-bond acceptors (Lipinski definition) is 3. The highest BCUT2D eigenvalue weighted by Crippen LogP contribution is 2.28. The SMILES string of the molecule is O=c1ncccn1CCC1CCCC1O. The van der Waals surface area contributed by atoms with Crippen LogP contribution < -0.4 is 5.69 Å². The monoisotopic (exact) mass is 208 g/mol. The molecule has 1 aliphatic carbocycles. The van der Waals surface area contributed by atoms with Crippen molar-refractivity contribution in [2.24, 2.45) is 5.92 Å². The number of nitrogens with zero attached hydrogens (tertiary/aromatic N) is 2. The molecule has 4 heteroatoms. The minimum atomic E-state index is -0.204. The lowest BCUT2D eigenvalue weighted by Gasteiger charge is -2.14. The molecule has 0 saturated heterocycles. The number of aromatic nitrogens is 2. The minimum Gasteiger partial charge on any atom is -0.393 e. The van der Waals surface area contributed by atoms with E-state index in [1.54, 1.807) is 16.8 Å². The van der Waals surface area contributed by atoms with Crippen molar-refractivity contribution in [3.63, 3.8) is 0 Å². The van der Waals surface area contributed by atoms with Crippen molar-refractivity contribution in [1.82, 2.24) is 9.55 Å². The molecule has 1 fully saturated rings. The average molecular weight is 208 g/mol. The van der Waals surface area contributed by atoms with Crippen molar-refractivity contribution in [2.75, 3.05) is 0 Å². The molecule has 0 spiro atoms. The molecular formula is C11H16N2O2. The highest BCUT2D eigenvalue weighted by atomic mass is 16.3. The van der Waals surface area contributed by atoms with E-state index in [1.807, 2.05) is 0 Å². The number of aliphatic hydroxyl groups excluding tert-OH is 1. The van der Waals surface area contributed by atoms with Gasteiger partial charge < -0.3 is 5.11 Å². The molecule has 0 radical (unpaired) electrons. The fourth-order valence-electron chi connectivity index (χ4n) is 2.22. The third-order valence-electron chi connectivity index (χ3n) is 3.14. The molecule has 1 heterocycles. The molecule has 15 heavy (non-hydrogen) atoms. The van der Waals surface area contributed by atoms with E-state index in [0.717, 1.165) is 25.7 Å². The van der Waals surface area contributed by atoms with Gasteiger partial charge in [-0.1, -0.05) is 6.42 Å². The van der Waals surface area contributed by atoms with Crippen molar-refractivity contribution in [1.29, 1.82) is 0 Å². The minimum absolute atomic E-state index is 0.169. The Labute approximate surface area is 88.6 Å². The third kappa shape index (κ3) is 2.45. The Morgan fingerprint density at radius 3 is 3.07 bits per heavy atom. The second-order valence-electron chi connectivity index (χ2n) is 4.14. The Morgan fingerprint density at radius 1 is 1.53 bits per heavy atom. The van der Waals surface area contributed by atoms with Gasteiger partial charge in [-0.05, 0) is 31.2 Å². The quantitative estimate of drug-likeness (QED) is 0.799. The van der Waals surface area contributed by atoms with Gasteiger partial charge in [-0.15, -0.1) is 0 Å². The maximum atomic E-state index is 11.3. The standard InChI is InChI=1S/C11H16N2O2/c14-10-4-1-3-9(10)5-8-13-7-2-6-12-11(13)15/h2,6-7,9-10,14H,1,3-5,8H2. The first-order valence-corrected chi connectivity index (χ1v) is 5.47. The van der Waals surface area contributed by atoms with Crippen molar-refractivity contribution >= 4 is 0 Å². The molecule has 1 N–H and O–H groups in total. The van der Waals surface area contributed by atoms with Gasteiger partial charge in [0.2, 0.25) is 0 Å². The van der Waals surface area contributed by atoms with E-state index in [2.05, 4.69) is 4.98 Å². The average Bonchev–Trinajstić information content (AvgIpc) is 2.63. The van der Waals surface area contributed by atoms with Gasteiger partial charge in [0, 0.05) is 18.9 Å². The summed E-state index contributed by atoms with van der Waals surface area (Å²) < 4.78 is 1.60. The first-order valence-electron chi connectivity index (χ1n) is 5.47. The van der Waals surface area contributed by atoms with Gasteiger partial charge in [-0.2, -0.15) is 0 Å². The van der Waals surface area contributed by atoms with E-state index in [1.165, 1.54) is 6.20 Å². The molecule has 1 saturated carbocycles. The van der Waals surface area contributed by atoms with Gasteiger partial charge in [0.15, 0.2) is 0 Å². The molecule has 2 atom stereocenters. The second kappa shape index (κ2) is 4.57. The summed E-state index contributed by atoms with van der Waals surface area (Å²) >= 11 is 0. The van der Waals surface area contributed by atoms with E-state index in [4.69, 9.17) is 0 Å². The maximum absolute atomic E-state index is 11.3. The Kier molecular flexibility index (Phi) is 3.16. The van der Waals surface area contributed by atoms with Crippen LogP contribution in [0.4, 0.5) is 0 Å². The van der Waals surface area contributed by atoms with Crippen molar-refractivity contribution in [3.8, 4) is 0 Å². The molecule has 1 aromatic heterocycles. The van der Waals surface area contributed by atoms with Crippen LogP contribution in [-0.2, 0) is 6.54 Å². The number of rotatable bonds is 3. The highest BCUT2D eigenvalue weighted by Gasteiger charge is 2.24. The van der Waals surface area contributed by atoms with Crippen LogP contribution >= 0.6 is 0 Å². The van der Waals surface area contributed by atoms with Crippen molar-refractivity contribution in [2.45, 2.75) is 38.3 Å². The molecule has 82 valence electrons. The molecule has 1 aromatic rings. The molecule has 0 bridgehead atoms. The Bertz CT molecular complexity index is 375. The van der Waals surface area contributed by atoms with Gasteiger partial charge in [0.1, 0.15) is 0 Å². The van der Waals surface area contributed by atoms with Crippen LogP contribution in [0.15, 0.2) is 23.3 Å². The molecule has 2 rings (SSSR count). The van der Waals surface area contributed by atoms with E-state index in [-0.39, 0.29) is 11.8 Å². The smallest absolute Gasteiger partial charge is 0.347 e. The number of aryl methyl sites for hydroxylation is 1. The molecule has 0 amide bonds. The van der Waals surface area contributed by atoms with Crippen molar-refractivity contribution < 1.29 is 5.11 Å². The summed E-state index contributed by atoms with van der Waals surface area (Å²) in [5.74, 6) is 0.358. The van der Waals surface area contributed by atoms with Gasteiger partial charge in [0.05, 0.1) is 6.10 Å². The van der Waals surface area contributed by atoms with Crippen molar-refractivity contribution in [3.05, 3.63) is 28.9 Å². The second-order valence-corrected chi connectivity index (χ2v) is 4.14. The topological polar surface area (TPSA) is 55.1 Å². The summed E-state index contributed by atoms with van der Waals surface area (Å²) in [4.78, 5) is 15.0. The van der Waals surface area contributed by atoms with E-state index in [9.17, 15) is 9.90 Å². The summed E-state index contributed by atoms with van der Waals surface area (Å²) in [7, 11) is 0. The summed E-state index contributed by atoms with van der Waals surface area (Å²) in [6, 6.07) is 1.76. The predicted molar refractivity (Wildman–Crippen MR) is 56.5 cm³/mol. The predicted octanol–water partition coefficient (Wildman–Crippen LogP) is 0.794. The first kappa shape index (κ1) is 10.4. The zero-order valence-electron chi connectivity index (χ0n) is 8.67. The van der Waals surface area contributed by atoms with Gasteiger partial charge in [-0.25, -0.2) is 9.78 Å². The Balaban J connectivity index is 1.93. The largest absolute Gasteiger partial charge is 0.393 e. The zero-order chi connectivity index (χ0) is 10.7. The Morgan fingerprint density at radius 2 is 2.40 bits per heavy atom. The lowest BCUT2D eigenvalue weighted by Crippen LogP contribution is -2.24. The van der Waals surface area contributed by atoms with Crippen LogP contribution in [0, 0.1) is 5.92 Å². The number of aliphatic hydroxyl groups is 1. The van der Waals surface area contributed by atoms with Crippen LogP contribution in [0.5, 0.6) is 0 Å². The summed E-state index contributed by atoms with van der Waals surface area (Å²) in [5.41, 5.74) is -0.204. The molecule has 0 aromatic carbocycles. The van der Waals surface area contributed by atoms with Crippen LogP contribution in [0.1, 0.15) is 25.7 Å². The molecule has 1 aliphatic rings. The molecule has 2 unspecified atom stereocenters. The normalized spacial score (nSPS) is 25.7. The molecular weight excluding hydrogens is 192 g/mol. The summed E-state index contributed by atoms with van der Waals surface area (Å²) in [6.07, 6.45) is 7.04. The lowest BCUT2D eigenvalue weighted by atomic mass is 10.0. The van der Waals surface area contributed by atoms with Crippen LogP contribution in [-0.4, -0.2) is 20.8 Å². The van der Waals surface area contributed by atoms with E-state index < -0.39 is 0 Å². The first-order chi connectivity index (χ1) is 7.27. The fourth-order valence-corrected chi connectivity index (χ4v) is 2.22.